The average molecular weight is 398 g/mol. The Kier molecular flexibility index (Phi) is 6.49. The van der Waals surface area contributed by atoms with Crippen LogP contribution in [0.3, 0.4) is 0 Å². The fourth-order valence-corrected chi connectivity index (χ4v) is 5.34. The van der Waals surface area contributed by atoms with Crippen LogP contribution < -0.4 is 5.32 Å². The number of nitrogens with one attached hydrogen (secondary N) is 1. The molecule has 1 saturated carbocycles. The number of carbonyl (C=O) groups is 1. The van der Waals surface area contributed by atoms with Gasteiger partial charge in [0.1, 0.15) is 5.82 Å². The van der Waals surface area contributed by atoms with Gasteiger partial charge in [0.15, 0.2) is 0 Å². The van der Waals surface area contributed by atoms with Crippen molar-refractivity contribution < 1.29 is 17.6 Å². The quantitative estimate of drug-likeness (QED) is 0.823. The minimum Gasteiger partial charge on any atom is -0.352 e. The summed E-state index contributed by atoms with van der Waals surface area (Å²) >= 11 is 0. The van der Waals surface area contributed by atoms with Gasteiger partial charge in [-0.25, -0.2) is 12.8 Å². The molecule has 150 valence electrons. The summed E-state index contributed by atoms with van der Waals surface area (Å²) in [5.74, 6) is -0.0468. The van der Waals surface area contributed by atoms with Crippen LogP contribution in [0.15, 0.2) is 29.2 Å². The summed E-state index contributed by atoms with van der Waals surface area (Å²) < 4.78 is 40.0. The van der Waals surface area contributed by atoms with Crippen LogP contribution >= 0.6 is 0 Å². The number of nitrogens with zero attached hydrogens (tertiary/aromatic N) is 2. The van der Waals surface area contributed by atoms with E-state index in [1.165, 1.54) is 28.9 Å². The number of hydrogen-bond donors (Lipinski definition) is 1. The smallest absolute Gasteiger partial charge is 0.243 e. The molecule has 1 aromatic rings. The minimum absolute atomic E-state index is 0.00943. The van der Waals surface area contributed by atoms with Gasteiger partial charge in [-0.15, -0.1) is 0 Å². The van der Waals surface area contributed by atoms with Gasteiger partial charge in [0.2, 0.25) is 15.9 Å². The molecule has 0 radical (unpaired) electrons. The molecule has 8 heteroatoms. The fourth-order valence-electron chi connectivity index (χ4n) is 3.89. The van der Waals surface area contributed by atoms with E-state index in [9.17, 15) is 17.6 Å². The number of sulfonamides is 1. The van der Waals surface area contributed by atoms with Crippen molar-refractivity contribution in [2.24, 2.45) is 5.92 Å². The molecule has 0 aromatic heterocycles. The lowest BCUT2D eigenvalue weighted by Gasteiger charge is -2.34. The molecule has 6 nitrogen and oxygen atoms in total. The Morgan fingerprint density at radius 3 is 2.56 bits per heavy atom. The van der Waals surface area contributed by atoms with Gasteiger partial charge >= 0.3 is 0 Å². The summed E-state index contributed by atoms with van der Waals surface area (Å²) in [5.41, 5.74) is 0. The predicted molar refractivity (Wildman–Crippen MR) is 101 cm³/mol. The first kappa shape index (κ1) is 20.2. The molecule has 27 heavy (non-hydrogen) atoms. The molecule has 0 unspecified atom stereocenters. The third kappa shape index (κ3) is 5.06. The Hall–Kier alpha value is -1.51. The molecule has 2 aliphatic rings. The molecular formula is C19H28FN3O3S. The monoisotopic (exact) mass is 397 g/mol. The van der Waals surface area contributed by atoms with E-state index < -0.39 is 15.8 Å². The summed E-state index contributed by atoms with van der Waals surface area (Å²) in [4.78, 5) is 14.3. The van der Waals surface area contributed by atoms with Crippen LogP contribution in [0.1, 0.15) is 32.6 Å². The molecule has 0 bridgehead atoms. The van der Waals surface area contributed by atoms with E-state index in [0.717, 1.165) is 25.3 Å². The number of hydrogen-bond acceptors (Lipinski definition) is 4. The summed E-state index contributed by atoms with van der Waals surface area (Å²) in [6.45, 7) is 4.04. The van der Waals surface area contributed by atoms with Crippen molar-refractivity contribution in [1.82, 2.24) is 14.5 Å². The summed E-state index contributed by atoms with van der Waals surface area (Å²) in [7, 11) is -3.70. The summed E-state index contributed by atoms with van der Waals surface area (Å²) in [5, 5.41) is 3.14. The molecule has 1 aliphatic heterocycles. The number of amides is 1. The third-order valence-corrected chi connectivity index (χ3v) is 7.48. The lowest BCUT2D eigenvalue weighted by Crippen LogP contribution is -2.52. The lowest BCUT2D eigenvalue weighted by molar-refractivity contribution is -0.123. The Bertz CT molecular complexity index is 763. The normalized spacial score (nSPS) is 25.3. The molecule has 2 atom stereocenters. The number of benzene rings is 1. The van der Waals surface area contributed by atoms with Gasteiger partial charge < -0.3 is 5.32 Å². The molecule has 0 spiro atoms. The molecule has 2 fully saturated rings. The number of rotatable bonds is 5. The molecule has 1 aliphatic carbocycles. The maximum Gasteiger partial charge on any atom is 0.243 e. The zero-order chi connectivity index (χ0) is 19.4. The highest BCUT2D eigenvalue weighted by molar-refractivity contribution is 7.89. The van der Waals surface area contributed by atoms with Crippen molar-refractivity contribution in [3.63, 3.8) is 0 Å². The highest BCUT2D eigenvalue weighted by Gasteiger charge is 2.30. The number of carbonyl (C=O) groups excluding carboxylic acids is 1. The van der Waals surface area contributed by atoms with Gasteiger partial charge in [-0.1, -0.05) is 25.8 Å². The SMILES string of the molecule is C[C@@H]1CCCC[C@@H]1NC(=O)CN1CCN(S(=O)(=O)c2cccc(F)c2)CC1. The van der Waals surface area contributed by atoms with Crippen LogP contribution in [-0.2, 0) is 14.8 Å². The van der Waals surface area contributed by atoms with Crippen LogP contribution in [0.2, 0.25) is 0 Å². The summed E-state index contributed by atoms with van der Waals surface area (Å²) in [6, 6.07) is 5.32. The van der Waals surface area contributed by atoms with E-state index in [1.807, 2.05) is 4.90 Å². The largest absolute Gasteiger partial charge is 0.352 e. The van der Waals surface area contributed by atoms with Crippen molar-refractivity contribution >= 4 is 15.9 Å². The van der Waals surface area contributed by atoms with Crippen molar-refractivity contribution in [2.75, 3.05) is 32.7 Å². The number of halogens is 1. The van der Waals surface area contributed by atoms with Crippen LogP contribution in [0.4, 0.5) is 4.39 Å². The van der Waals surface area contributed by atoms with E-state index in [4.69, 9.17) is 0 Å². The standard InChI is InChI=1S/C19H28FN3O3S/c1-15-5-2-3-8-18(15)21-19(24)14-22-9-11-23(12-10-22)27(25,26)17-7-4-6-16(20)13-17/h4,6-7,13,15,18H,2-3,5,8-12,14H2,1H3,(H,21,24)/t15-,18+/m1/s1. The van der Waals surface area contributed by atoms with E-state index >= 15 is 0 Å². The predicted octanol–water partition coefficient (Wildman–Crippen LogP) is 1.83. The van der Waals surface area contributed by atoms with Gasteiger partial charge in [-0.05, 0) is 37.0 Å². The van der Waals surface area contributed by atoms with Crippen LogP contribution in [-0.4, -0.2) is 62.3 Å². The fraction of sp³-hybridized carbons (Fsp3) is 0.632. The Morgan fingerprint density at radius 1 is 1.19 bits per heavy atom. The van der Waals surface area contributed by atoms with Crippen molar-refractivity contribution in [2.45, 2.75) is 43.5 Å². The Labute approximate surface area is 160 Å². The Morgan fingerprint density at radius 2 is 1.89 bits per heavy atom. The molecular weight excluding hydrogens is 369 g/mol. The van der Waals surface area contributed by atoms with Gasteiger partial charge in [-0.2, -0.15) is 4.31 Å². The molecule has 1 N–H and O–H groups in total. The molecule has 1 heterocycles. The maximum atomic E-state index is 13.4. The zero-order valence-electron chi connectivity index (χ0n) is 15.7. The van der Waals surface area contributed by atoms with E-state index in [0.29, 0.717) is 32.1 Å². The van der Waals surface area contributed by atoms with Gasteiger partial charge in [0.05, 0.1) is 11.4 Å². The molecule has 1 amide bonds. The van der Waals surface area contributed by atoms with Crippen LogP contribution in [0.25, 0.3) is 0 Å². The zero-order valence-corrected chi connectivity index (χ0v) is 16.5. The molecule has 1 saturated heterocycles. The number of piperazine rings is 1. The van der Waals surface area contributed by atoms with Crippen molar-refractivity contribution in [3.05, 3.63) is 30.1 Å². The Balaban J connectivity index is 1.50. The second kappa shape index (κ2) is 8.67. The van der Waals surface area contributed by atoms with Gasteiger partial charge in [-0.3, -0.25) is 9.69 Å². The summed E-state index contributed by atoms with van der Waals surface area (Å²) in [6.07, 6.45) is 4.58. The third-order valence-electron chi connectivity index (χ3n) is 5.59. The highest BCUT2D eigenvalue weighted by atomic mass is 32.2. The molecule has 3 rings (SSSR count). The topological polar surface area (TPSA) is 69.7 Å². The van der Waals surface area contributed by atoms with E-state index in [-0.39, 0.29) is 23.4 Å². The average Bonchev–Trinajstić information content (AvgIpc) is 2.64. The van der Waals surface area contributed by atoms with E-state index in [2.05, 4.69) is 12.2 Å². The minimum atomic E-state index is -3.70. The van der Waals surface area contributed by atoms with Gasteiger partial charge in [0.25, 0.3) is 0 Å². The van der Waals surface area contributed by atoms with Crippen molar-refractivity contribution in [3.8, 4) is 0 Å². The second-order valence-corrected chi connectivity index (χ2v) is 9.51. The van der Waals surface area contributed by atoms with Crippen molar-refractivity contribution in [1.29, 1.82) is 0 Å². The van der Waals surface area contributed by atoms with Gasteiger partial charge in [0, 0.05) is 32.2 Å². The lowest BCUT2D eigenvalue weighted by atomic mass is 9.86. The van der Waals surface area contributed by atoms with Crippen LogP contribution in [0.5, 0.6) is 0 Å². The first-order valence-electron chi connectivity index (χ1n) is 9.64. The second-order valence-electron chi connectivity index (χ2n) is 7.57. The highest BCUT2D eigenvalue weighted by Crippen LogP contribution is 2.23. The van der Waals surface area contributed by atoms with E-state index in [1.54, 1.807) is 0 Å². The first-order chi connectivity index (χ1) is 12.9. The molecule has 1 aromatic carbocycles. The van der Waals surface area contributed by atoms with Crippen LogP contribution in [0, 0.1) is 11.7 Å². The first-order valence-corrected chi connectivity index (χ1v) is 11.1. The maximum absolute atomic E-state index is 13.4.